The van der Waals surface area contributed by atoms with Crippen LogP contribution in [0.5, 0.6) is 5.75 Å². The minimum atomic E-state index is -4.05. The fourth-order valence-corrected chi connectivity index (χ4v) is 4.26. The summed E-state index contributed by atoms with van der Waals surface area (Å²) < 4.78 is 44.6. The fourth-order valence-electron chi connectivity index (χ4n) is 3.78. The fraction of sp³-hybridized carbons (Fsp3) is 0.304. The molecular formula is C23H24ClFN2O7S. The number of carbonyl (C=O) groups is 1. The van der Waals surface area contributed by atoms with Crippen molar-refractivity contribution in [1.29, 1.82) is 0 Å². The molecule has 0 unspecified atom stereocenters. The Kier molecular flexibility index (Phi) is 7.85. The van der Waals surface area contributed by atoms with Crippen LogP contribution in [-0.4, -0.2) is 41.7 Å². The molecular weight excluding hydrogens is 503 g/mol. The second-order valence-corrected chi connectivity index (χ2v) is 10.3. The molecule has 0 aliphatic carbocycles. The topological polar surface area (TPSA) is 149 Å². The third-order valence-electron chi connectivity index (χ3n) is 5.55. The van der Waals surface area contributed by atoms with Crippen molar-refractivity contribution in [3.05, 3.63) is 74.3 Å². The summed E-state index contributed by atoms with van der Waals surface area (Å²) in [6.07, 6.45) is 0.986. The van der Waals surface area contributed by atoms with Crippen LogP contribution in [0, 0.1) is 11.7 Å². The monoisotopic (exact) mass is 526 g/mol. The van der Waals surface area contributed by atoms with Gasteiger partial charge < -0.3 is 19.5 Å². The molecule has 0 saturated heterocycles. The summed E-state index contributed by atoms with van der Waals surface area (Å²) in [4.78, 5) is 24.8. The Morgan fingerprint density at radius 1 is 1.26 bits per heavy atom. The van der Waals surface area contributed by atoms with E-state index in [0.29, 0.717) is 0 Å². The van der Waals surface area contributed by atoms with E-state index in [2.05, 4.69) is 0 Å². The molecule has 35 heavy (non-hydrogen) atoms. The number of primary sulfonamides is 1. The maximum atomic E-state index is 14.6. The lowest BCUT2D eigenvalue weighted by Crippen LogP contribution is -2.26. The summed E-state index contributed by atoms with van der Waals surface area (Å²) in [5, 5.41) is 24.5. The highest BCUT2D eigenvalue weighted by molar-refractivity contribution is 7.88. The van der Waals surface area contributed by atoms with Crippen molar-refractivity contribution in [1.82, 2.24) is 4.57 Å². The number of aliphatic hydroxyl groups excluding tert-OH is 1. The summed E-state index contributed by atoms with van der Waals surface area (Å²) in [5.74, 6) is -3.23. The number of fused-ring (bicyclic) bond motifs is 1. The van der Waals surface area contributed by atoms with Crippen LogP contribution < -0.4 is 15.3 Å². The predicted octanol–water partition coefficient (Wildman–Crippen LogP) is 2.90. The van der Waals surface area contributed by atoms with Crippen molar-refractivity contribution in [2.45, 2.75) is 26.3 Å². The van der Waals surface area contributed by atoms with E-state index in [9.17, 15) is 32.6 Å². The van der Waals surface area contributed by atoms with E-state index in [0.717, 1.165) is 6.20 Å². The Labute approximate surface area is 205 Å². The number of aliphatic hydroxyl groups is 1. The van der Waals surface area contributed by atoms with Crippen molar-refractivity contribution < 1.29 is 32.6 Å². The Morgan fingerprint density at radius 2 is 1.94 bits per heavy atom. The van der Waals surface area contributed by atoms with Crippen LogP contribution in [-0.2, 0) is 16.4 Å². The molecule has 188 valence electrons. The minimum Gasteiger partial charge on any atom is -0.477 e. The van der Waals surface area contributed by atoms with Gasteiger partial charge in [0.15, 0.2) is 0 Å². The van der Waals surface area contributed by atoms with Gasteiger partial charge in [0.1, 0.15) is 17.1 Å². The zero-order chi connectivity index (χ0) is 26.1. The average molecular weight is 527 g/mol. The van der Waals surface area contributed by atoms with Crippen molar-refractivity contribution in [2.75, 3.05) is 12.5 Å². The van der Waals surface area contributed by atoms with E-state index >= 15 is 0 Å². The van der Waals surface area contributed by atoms with E-state index in [-0.39, 0.29) is 51.7 Å². The van der Waals surface area contributed by atoms with Gasteiger partial charge >= 0.3 is 5.97 Å². The lowest BCUT2D eigenvalue weighted by molar-refractivity contribution is 0.0694. The highest BCUT2D eigenvalue weighted by Gasteiger charge is 2.23. The number of halogens is 2. The normalized spacial score (nSPS) is 12.8. The van der Waals surface area contributed by atoms with Crippen molar-refractivity contribution in [3.63, 3.8) is 0 Å². The molecule has 0 saturated carbocycles. The molecule has 12 heteroatoms. The number of nitrogens with two attached hydrogens (primary N) is 1. The molecule has 1 aromatic heterocycles. The van der Waals surface area contributed by atoms with Crippen LogP contribution in [0.4, 0.5) is 4.39 Å². The van der Waals surface area contributed by atoms with Gasteiger partial charge in [-0.3, -0.25) is 4.79 Å². The Balaban J connectivity index is 2.36. The number of aromatic nitrogens is 1. The summed E-state index contributed by atoms with van der Waals surface area (Å²) in [6.45, 7) is 3.25. The molecule has 3 aromatic rings. The zero-order valence-corrected chi connectivity index (χ0v) is 20.4. The number of sulfonamides is 1. The van der Waals surface area contributed by atoms with Gasteiger partial charge in [0.25, 0.3) is 0 Å². The van der Waals surface area contributed by atoms with Crippen molar-refractivity contribution >= 4 is 38.5 Å². The first kappa shape index (κ1) is 26.6. The van der Waals surface area contributed by atoms with Gasteiger partial charge in [-0.1, -0.05) is 37.6 Å². The van der Waals surface area contributed by atoms with Gasteiger partial charge in [-0.2, -0.15) is 0 Å². The number of carboxylic acids is 1. The first-order valence-electron chi connectivity index (χ1n) is 10.5. The molecule has 1 atom stereocenters. The van der Waals surface area contributed by atoms with E-state index in [1.165, 1.54) is 34.9 Å². The summed E-state index contributed by atoms with van der Waals surface area (Å²) in [6, 6.07) is 6.42. The highest BCUT2D eigenvalue weighted by atomic mass is 35.5. The van der Waals surface area contributed by atoms with Gasteiger partial charge in [0, 0.05) is 24.1 Å². The van der Waals surface area contributed by atoms with Crippen molar-refractivity contribution in [2.24, 2.45) is 11.1 Å². The predicted molar refractivity (Wildman–Crippen MR) is 129 cm³/mol. The number of hydrogen-bond donors (Lipinski definition) is 3. The van der Waals surface area contributed by atoms with Gasteiger partial charge in [-0.15, -0.1) is 0 Å². The van der Waals surface area contributed by atoms with Crippen LogP contribution in [0.3, 0.4) is 0 Å². The molecule has 1 heterocycles. The number of pyridine rings is 1. The lowest BCUT2D eigenvalue weighted by atomic mass is 9.98. The standard InChI is InChI=1S/C23H24ClFN2O7S/c1-12(2)19(10-28)27-9-16(23(30)31)22(29)15-7-14(6-13-4-3-5-17(24)21(13)25)20(8-18(15)27)34-11-35(26,32)33/h3-5,7-9,12,19,28H,6,10-11H2,1-2H3,(H,30,31)(H2,26,32,33)/t19-/m1/s1. The van der Waals surface area contributed by atoms with Crippen molar-refractivity contribution in [3.8, 4) is 5.75 Å². The lowest BCUT2D eigenvalue weighted by Gasteiger charge is -2.25. The smallest absolute Gasteiger partial charge is 0.341 e. The van der Waals surface area contributed by atoms with Gasteiger partial charge in [0.2, 0.25) is 21.4 Å². The summed E-state index contributed by atoms with van der Waals surface area (Å²) in [5.41, 5.74) is -0.766. The maximum absolute atomic E-state index is 14.6. The molecule has 9 nitrogen and oxygen atoms in total. The van der Waals surface area contributed by atoms with Gasteiger partial charge in [0.05, 0.1) is 23.2 Å². The number of nitrogens with zero attached hydrogens (tertiary/aromatic N) is 1. The Bertz CT molecular complexity index is 1450. The number of benzene rings is 2. The molecule has 2 aromatic carbocycles. The Hall–Kier alpha value is -2.99. The molecule has 0 fully saturated rings. The molecule has 0 aliphatic rings. The molecule has 0 aliphatic heterocycles. The molecule has 0 spiro atoms. The van der Waals surface area contributed by atoms with Gasteiger partial charge in [-0.25, -0.2) is 22.7 Å². The quantitative estimate of drug-likeness (QED) is 0.388. The minimum absolute atomic E-state index is 0.0115. The molecule has 0 bridgehead atoms. The van der Waals surface area contributed by atoms with Crippen LogP contribution in [0.25, 0.3) is 10.9 Å². The van der Waals surface area contributed by atoms with Crippen LogP contribution in [0.15, 0.2) is 41.3 Å². The van der Waals surface area contributed by atoms with Crippen LogP contribution in [0.1, 0.15) is 41.4 Å². The number of rotatable bonds is 9. The number of carboxylic acid groups (broad SMARTS) is 1. The number of hydrogen-bond acceptors (Lipinski definition) is 6. The van der Waals surface area contributed by atoms with Crippen LogP contribution >= 0.6 is 11.6 Å². The second-order valence-electron chi connectivity index (χ2n) is 8.37. The summed E-state index contributed by atoms with van der Waals surface area (Å²) in [7, 11) is -4.05. The maximum Gasteiger partial charge on any atom is 0.341 e. The number of ether oxygens (including phenoxy) is 1. The van der Waals surface area contributed by atoms with E-state index in [1.807, 2.05) is 0 Å². The first-order chi connectivity index (χ1) is 16.3. The largest absolute Gasteiger partial charge is 0.477 e. The zero-order valence-electron chi connectivity index (χ0n) is 18.9. The van der Waals surface area contributed by atoms with E-state index in [1.54, 1.807) is 13.8 Å². The van der Waals surface area contributed by atoms with E-state index in [4.69, 9.17) is 21.5 Å². The molecule has 0 radical (unpaired) electrons. The first-order valence-corrected chi connectivity index (χ1v) is 12.6. The Morgan fingerprint density at radius 3 is 2.51 bits per heavy atom. The second kappa shape index (κ2) is 10.3. The third-order valence-corrected chi connectivity index (χ3v) is 6.29. The van der Waals surface area contributed by atoms with Gasteiger partial charge in [-0.05, 0) is 29.2 Å². The third kappa shape index (κ3) is 5.81. The number of aromatic carboxylic acids is 1. The SMILES string of the molecule is CC(C)[C@@H](CO)n1cc(C(=O)O)c(=O)c2cc(Cc3cccc(Cl)c3F)c(OCS(N)(=O)=O)cc21. The average Bonchev–Trinajstić information content (AvgIpc) is 2.76. The molecule has 0 amide bonds. The summed E-state index contributed by atoms with van der Waals surface area (Å²) >= 11 is 5.87. The molecule has 3 rings (SSSR count). The van der Waals surface area contributed by atoms with E-state index < -0.39 is 44.8 Å². The molecule has 4 N–H and O–H groups in total. The highest BCUT2D eigenvalue weighted by Crippen LogP contribution is 2.32. The van der Waals surface area contributed by atoms with Crippen LogP contribution in [0.2, 0.25) is 5.02 Å².